The Kier molecular flexibility index (Phi) is 3.71. The third-order valence-corrected chi connectivity index (χ3v) is 4.27. The quantitative estimate of drug-likeness (QED) is 0.738. The van der Waals surface area contributed by atoms with E-state index in [2.05, 4.69) is 9.88 Å². The molecule has 2 aliphatic rings. The van der Waals surface area contributed by atoms with Crippen LogP contribution in [0, 0.1) is 0 Å². The van der Waals surface area contributed by atoms with Crippen LogP contribution in [-0.4, -0.2) is 52.9 Å². The van der Waals surface area contributed by atoms with E-state index >= 15 is 0 Å². The number of carbonyl (C=O) groups is 1. The smallest absolute Gasteiger partial charge is 0.272 e. The number of piperidine rings is 1. The predicted molar refractivity (Wildman–Crippen MR) is 74.4 cm³/mol. The molecule has 1 unspecified atom stereocenters. The molecule has 1 aromatic heterocycles. The van der Waals surface area contributed by atoms with E-state index in [0.717, 1.165) is 19.6 Å². The fourth-order valence-corrected chi connectivity index (χ4v) is 3.19. The molecule has 4 nitrogen and oxygen atoms in total. The van der Waals surface area contributed by atoms with Gasteiger partial charge in [0.15, 0.2) is 0 Å². The maximum atomic E-state index is 12.4. The molecule has 0 aromatic carbocycles. The highest BCUT2D eigenvalue weighted by molar-refractivity contribution is 6.29. The van der Waals surface area contributed by atoms with Crippen LogP contribution < -0.4 is 0 Å². The van der Waals surface area contributed by atoms with E-state index in [0.29, 0.717) is 16.9 Å². The number of nitrogens with zero attached hydrogens (tertiary/aromatic N) is 3. The molecule has 0 radical (unpaired) electrons. The number of halogens is 1. The molecule has 1 atom stereocenters. The zero-order chi connectivity index (χ0) is 13.2. The Labute approximate surface area is 118 Å². The molecule has 5 heteroatoms. The zero-order valence-electron chi connectivity index (χ0n) is 10.9. The summed E-state index contributed by atoms with van der Waals surface area (Å²) in [6.07, 6.45) is 3.77. The van der Waals surface area contributed by atoms with Crippen LogP contribution in [0.25, 0.3) is 0 Å². The second-order valence-electron chi connectivity index (χ2n) is 5.28. The average molecular weight is 280 g/mol. The number of fused-ring (bicyclic) bond motifs is 1. The van der Waals surface area contributed by atoms with Crippen LogP contribution in [0.1, 0.15) is 29.8 Å². The summed E-state index contributed by atoms with van der Waals surface area (Å²) in [4.78, 5) is 21.0. The maximum absolute atomic E-state index is 12.4. The van der Waals surface area contributed by atoms with Gasteiger partial charge in [0.1, 0.15) is 10.8 Å². The molecular weight excluding hydrogens is 262 g/mol. The van der Waals surface area contributed by atoms with Gasteiger partial charge in [-0.15, -0.1) is 0 Å². The fourth-order valence-electron chi connectivity index (χ4n) is 3.03. The average Bonchev–Trinajstić information content (AvgIpc) is 2.46. The van der Waals surface area contributed by atoms with Crippen LogP contribution in [0.4, 0.5) is 0 Å². The SMILES string of the molecule is O=C(c1cccc(Cl)n1)N1CCN2CCCCC2C1. The molecule has 3 heterocycles. The largest absolute Gasteiger partial charge is 0.334 e. The molecule has 0 spiro atoms. The Morgan fingerprint density at radius 2 is 2.16 bits per heavy atom. The van der Waals surface area contributed by atoms with Crippen LogP contribution >= 0.6 is 11.6 Å². The van der Waals surface area contributed by atoms with Crippen molar-refractivity contribution >= 4 is 17.5 Å². The maximum Gasteiger partial charge on any atom is 0.272 e. The summed E-state index contributed by atoms with van der Waals surface area (Å²) in [6, 6.07) is 5.74. The molecule has 2 fully saturated rings. The van der Waals surface area contributed by atoms with E-state index in [4.69, 9.17) is 11.6 Å². The minimum Gasteiger partial charge on any atom is -0.334 e. The van der Waals surface area contributed by atoms with Gasteiger partial charge in [0, 0.05) is 25.7 Å². The van der Waals surface area contributed by atoms with Crippen molar-refractivity contribution in [1.29, 1.82) is 0 Å². The number of amides is 1. The summed E-state index contributed by atoms with van der Waals surface area (Å²) in [5.41, 5.74) is 0.455. The summed E-state index contributed by atoms with van der Waals surface area (Å²) >= 11 is 5.85. The van der Waals surface area contributed by atoms with Crippen molar-refractivity contribution in [3.63, 3.8) is 0 Å². The van der Waals surface area contributed by atoms with Gasteiger partial charge in [-0.25, -0.2) is 4.98 Å². The number of hydrogen-bond donors (Lipinski definition) is 0. The highest BCUT2D eigenvalue weighted by Crippen LogP contribution is 2.22. The molecule has 102 valence electrons. The van der Waals surface area contributed by atoms with Crippen molar-refractivity contribution < 1.29 is 4.79 Å². The fraction of sp³-hybridized carbons (Fsp3) is 0.571. The van der Waals surface area contributed by atoms with E-state index in [-0.39, 0.29) is 5.91 Å². The van der Waals surface area contributed by atoms with E-state index in [1.807, 2.05) is 4.90 Å². The number of piperazine rings is 1. The number of carbonyl (C=O) groups excluding carboxylic acids is 1. The second kappa shape index (κ2) is 5.47. The third kappa shape index (κ3) is 2.74. The van der Waals surface area contributed by atoms with Gasteiger partial charge in [0.05, 0.1) is 0 Å². The molecule has 0 N–H and O–H groups in total. The van der Waals surface area contributed by atoms with Crippen LogP contribution in [0.5, 0.6) is 0 Å². The summed E-state index contributed by atoms with van der Waals surface area (Å²) in [5.74, 6) is 0.00715. The van der Waals surface area contributed by atoms with Gasteiger partial charge >= 0.3 is 0 Å². The van der Waals surface area contributed by atoms with E-state index < -0.39 is 0 Å². The first kappa shape index (κ1) is 12.9. The van der Waals surface area contributed by atoms with Gasteiger partial charge in [-0.2, -0.15) is 0 Å². The number of hydrogen-bond acceptors (Lipinski definition) is 3. The molecule has 1 amide bonds. The highest BCUT2D eigenvalue weighted by Gasteiger charge is 2.31. The predicted octanol–water partition coefficient (Wildman–Crippen LogP) is 2.05. The molecule has 19 heavy (non-hydrogen) atoms. The van der Waals surface area contributed by atoms with Gasteiger partial charge in [-0.3, -0.25) is 9.69 Å². The summed E-state index contributed by atoms with van der Waals surface area (Å²) in [6.45, 7) is 3.79. The lowest BCUT2D eigenvalue weighted by Crippen LogP contribution is -2.56. The Hall–Kier alpha value is -1.13. The van der Waals surface area contributed by atoms with Crippen LogP contribution in [0.15, 0.2) is 18.2 Å². The van der Waals surface area contributed by atoms with Gasteiger partial charge in [-0.1, -0.05) is 24.1 Å². The topological polar surface area (TPSA) is 36.4 Å². The first-order chi connectivity index (χ1) is 9.24. The highest BCUT2D eigenvalue weighted by atomic mass is 35.5. The van der Waals surface area contributed by atoms with Crippen LogP contribution in [0.2, 0.25) is 5.15 Å². The molecule has 3 rings (SSSR count). The molecule has 1 aromatic rings. The van der Waals surface area contributed by atoms with Crippen LogP contribution in [0.3, 0.4) is 0 Å². The summed E-state index contributed by atoms with van der Waals surface area (Å²) in [7, 11) is 0. The lowest BCUT2D eigenvalue weighted by molar-refractivity contribution is 0.0368. The molecular formula is C14H18ClN3O. The minimum absolute atomic E-state index is 0.00715. The Balaban J connectivity index is 1.71. The summed E-state index contributed by atoms with van der Waals surface area (Å²) in [5, 5.41) is 0.377. The number of pyridine rings is 1. The Bertz CT molecular complexity index is 480. The Morgan fingerprint density at radius 1 is 1.26 bits per heavy atom. The lowest BCUT2D eigenvalue weighted by atomic mass is 9.99. The van der Waals surface area contributed by atoms with Crippen molar-refractivity contribution in [1.82, 2.24) is 14.8 Å². The normalized spacial score (nSPS) is 24.1. The number of rotatable bonds is 1. The molecule has 2 saturated heterocycles. The first-order valence-electron chi connectivity index (χ1n) is 6.90. The van der Waals surface area contributed by atoms with Gasteiger partial charge in [-0.05, 0) is 31.5 Å². The lowest BCUT2D eigenvalue weighted by Gasteiger charge is -2.43. The van der Waals surface area contributed by atoms with Crippen LogP contribution in [-0.2, 0) is 0 Å². The first-order valence-corrected chi connectivity index (χ1v) is 7.28. The van der Waals surface area contributed by atoms with Crippen molar-refractivity contribution in [2.75, 3.05) is 26.2 Å². The monoisotopic (exact) mass is 279 g/mol. The van der Waals surface area contributed by atoms with Crippen molar-refractivity contribution in [2.45, 2.75) is 25.3 Å². The summed E-state index contributed by atoms with van der Waals surface area (Å²) < 4.78 is 0. The minimum atomic E-state index is 0.00715. The van der Waals surface area contributed by atoms with Gasteiger partial charge < -0.3 is 4.90 Å². The molecule has 0 saturated carbocycles. The molecule has 0 bridgehead atoms. The van der Waals surface area contributed by atoms with E-state index in [1.165, 1.54) is 25.8 Å². The zero-order valence-corrected chi connectivity index (χ0v) is 11.6. The molecule has 2 aliphatic heterocycles. The van der Waals surface area contributed by atoms with Crippen molar-refractivity contribution in [3.05, 3.63) is 29.0 Å². The number of aromatic nitrogens is 1. The molecule has 0 aliphatic carbocycles. The van der Waals surface area contributed by atoms with Crippen molar-refractivity contribution in [2.24, 2.45) is 0 Å². The van der Waals surface area contributed by atoms with E-state index in [9.17, 15) is 4.79 Å². The second-order valence-corrected chi connectivity index (χ2v) is 5.67. The van der Waals surface area contributed by atoms with E-state index in [1.54, 1.807) is 18.2 Å². The third-order valence-electron chi connectivity index (χ3n) is 4.06. The van der Waals surface area contributed by atoms with Gasteiger partial charge in [0.25, 0.3) is 5.91 Å². The standard InChI is InChI=1S/C14H18ClN3O/c15-13-6-3-5-12(16-13)14(19)18-9-8-17-7-2-1-4-11(17)10-18/h3,5-6,11H,1-2,4,7-10H2. The Morgan fingerprint density at radius 3 is 3.00 bits per heavy atom. The van der Waals surface area contributed by atoms with Crippen molar-refractivity contribution in [3.8, 4) is 0 Å². The van der Waals surface area contributed by atoms with Gasteiger partial charge in [0.2, 0.25) is 0 Å².